The van der Waals surface area contributed by atoms with E-state index in [1.54, 1.807) is 14.2 Å². The van der Waals surface area contributed by atoms with Crippen molar-refractivity contribution < 1.29 is 14.3 Å². The molecule has 0 N–H and O–H groups in total. The Hall–Kier alpha value is -1.51. The summed E-state index contributed by atoms with van der Waals surface area (Å²) >= 11 is 0. The van der Waals surface area contributed by atoms with Gasteiger partial charge in [-0.05, 0) is 36.3 Å². The number of carbonyl (C=O) groups excluding carboxylic acids is 1. The molecule has 0 aliphatic rings. The van der Waals surface area contributed by atoms with Crippen LogP contribution in [0.2, 0.25) is 0 Å². The molecule has 0 aliphatic carbocycles. The van der Waals surface area contributed by atoms with Gasteiger partial charge in [-0.25, -0.2) is 0 Å². The number of Topliss-reactive ketones (excluding diaryl/α,β-unsaturated/α-hetero) is 1. The van der Waals surface area contributed by atoms with Gasteiger partial charge in [-0.1, -0.05) is 54.0 Å². The van der Waals surface area contributed by atoms with Crippen molar-refractivity contribution in [3.05, 3.63) is 23.3 Å². The average Bonchev–Trinajstić information content (AvgIpc) is 2.47. The summed E-state index contributed by atoms with van der Waals surface area (Å²) in [6.07, 6.45) is 4.29. The van der Waals surface area contributed by atoms with Crippen molar-refractivity contribution in [1.82, 2.24) is 0 Å². The van der Waals surface area contributed by atoms with Gasteiger partial charge in [0.05, 0.1) is 19.8 Å². The molecule has 3 heteroatoms. The molecule has 0 heterocycles. The van der Waals surface area contributed by atoms with E-state index in [1.165, 1.54) is 6.42 Å². The quantitative estimate of drug-likeness (QED) is 0.474. The van der Waals surface area contributed by atoms with E-state index in [9.17, 15) is 4.79 Å². The third-order valence-electron chi connectivity index (χ3n) is 4.16. The molecular formula is C21H34O3. The van der Waals surface area contributed by atoms with Crippen LogP contribution >= 0.6 is 0 Å². The molecule has 0 unspecified atom stereocenters. The second-order valence-electron chi connectivity index (χ2n) is 8.68. The highest BCUT2D eigenvalue weighted by Gasteiger charge is 2.29. The normalized spacial score (nSPS) is 12.2. The van der Waals surface area contributed by atoms with Crippen molar-refractivity contribution in [1.29, 1.82) is 0 Å². The highest BCUT2D eigenvalue weighted by Crippen LogP contribution is 2.38. The third-order valence-corrected chi connectivity index (χ3v) is 4.16. The first-order chi connectivity index (χ1) is 11.0. The molecule has 24 heavy (non-hydrogen) atoms. The van der Waals surface area contributed by atoms with Gasteiger partial charge in [-0.2, -0.15) is 0 Å². The average molecular weight is 335 g/mol. The maximum atomic E-state index is 13.0. The van der Waals surface area contributed by atoms with Gasteiger partial charge in [0.1, 0.15) is 0 Å². The summed E-state index contributed by atoms with van der Waals surface area (Å²) in [6, 6.07) is 3.91. The van der Waals surface area contributed by atoms with E-state index in [4.69, 9.17) is 9.47 Å². The van der Waals surface area contributed by atoms with Crippen LogP contribution in [-0.2, 0) is 6.42 Å². The van der Waals surface area contributed by atoms with Crippen LogP contribution < -0.4 is 9.47 Å². The molecule has 3 nitrogen and oxygen atoms in total. The molecule has 0 saturated heterocycles. The lowest BCUT2D eigenvalue weighted by Gasteiger charge is -2.23. The SMILES string of the molecule is COc1ccc(CCCCC(C)(C)C)c(C(=O)C(C)(C)C)c1OC. The summed E-state index contributed by atoms with van der Waals surface area (Å²) in [5.74, 6) is 1.28. The van der Waals surface area contributed by atoms with Gasteiger partial charge >= 0.3 is 0 Å². The predicted molar refractivity (Wildman–Crippen MR) is 100 cm³/mol. The van der Waals surface area contributed by atoms with Crippen LogP contribution in [0.5, 0.6) is 11.5 Å². The molecule has 0 aliphatic heterocycles. The Morgan fingerprint density at radius 3 is 2.04 bits per heavy atom. The Morgan fingerprint density at radius 2 is 1.58 bits per heavy atom. The Bertz CT molecular complexity index is 560. The molecule has 136 valence electrons. The van der Waals surface area contributed by atoms with E-state index in [0.717, 1.165) is 24.8 Å². The molecule has 0 amide bonds. The van der Waals surface area contributed by atoms with Gasteiger partial charge in [-0.15, -0.1) is 0 Å². The fraction of sp³-hybridized carbons (Fsp3) is 0.667. The van der Waals surface area contributed by atoms with Gasteiger partial charge in [0.15, 0.2) is 17.3 Å². The first-order valence-corrected chi connectivity index (χ1v) is 8.80. The number of ketones is 1. The zero-order valence-corrected chi connectivity index (χ0v) is 16.7. The summed E-state index contributed by atoms with van der Waals surface area (Å²) < 4.78 is 10.9. The first-order valence-electron chi connectivity index (χ1n) is 8.80. The van der Waals surface area contributed by atoms with Crippen molar-refractivity contribution in [3.8, 4) is 11.5 Å². The number of hydrogen-bond donors (Lipinski definition) is 0. The predicted octanol–water partition coefficient (Wildman–Crippen LogP) is 5.69. The molecule has 1 aromatic carbocycles. The fourth-order valence-corrected chi connectivity index (χ4v) is 2.77. The first kappa shape index (κ1) is 20.5. The third kappa shape index (κ3) is 5.54. The number of ether oxygens (including phenoxy) is 2. The largest absolute Gasteiger partial charge is 0.493 e. The number of carbonyl (C=O) groups is 1. The van der Waals surface area contributed by atoms with Gasteiger partial charge in [0, 0.05) is 5.41 Å². The highest BCUT2D eigenvalue weighted by atomic mass is 16.5. The van der Waals surface area contributed by atoms with Crippen molar-refractivity contribution in [2.24, 2.45) is 10.8 Å². The molecule has 0 spiro atoms. The van der Waals surface area contributed by atoms with E-state index in [2.05, 4.69) is 20.8 Å². The number of benzene rings is 1. The van der Waals surface area contributed by atoms with E-state index in [1.807, 2.05) is 32.9 Å². The Labute approximate surface area is 147 Å². The Balaban J connectivity index is 3.13. The zero-order valence-electron chi connectivity index (χ0n) is 16.7. The number of unbranched alkanes of at least 4 members (excludes halogenated alkanes) is 1. The zero-order chi connectivity index (χ0) is 18.5. The maximum Gasteiger partial charge on any atom is 0.172 e. The molecule has 0 saturated carbocycles. The summed E-state index contributed by atoms with van der Waals surface area (Å²) in [5, 5.41) is 0. The molecule has 1 rings (SSSR count). The van der Waals surface area contributed by atoms with Crippen LogP contribution in [0.1, 0.15) is 76.7 Å². The molecule has 0 aromatic heterocycles. The number of hydrogen-bond acceptors (Lipinski definition) is 3. The summed E-state index contributed by atoms with van der Waals surface area (Å²) in [4.78, 5) is 13.0. The van der Waals surface area contributed by atoms with E-state index in [0.29, 0.717) is 22.5 Å². The summed E-state index contributed by atoms with van der Waals surface area (Å²) in [7, 11) is 3.20. The monoisotopic (exact) mass is 334 g/mol. The van der Waals surface area contributed by atoms with E-state index in [-0.39, 0.29) is 5.78 Å². The minimum absolute atomic E-state index is 0.101. The topological polar surface area (TPSA) is 35.5 Å². The van der Waals surface area contributed by atoms with Crippen LogP contribution in [0.4, 0.5) is 0 Å². The minimum atomic E-state index is -0.459. The summed E-state index contributed by atoms with van der Waals surface area (Å²) in [6.45, 7) is 12.6. The molecule has 0 atom stereocenters. The number of aryl methyl sites for hydroxylation is 1. The molecule has 0 fully saturated rings. The standard InChI is InChI=1S/C21H34O3/c1-20(2,3)14-10-9-11-15-12-13-16(23-7)18(24-8)17(15)19(22)21(4,5)6/h12-13H,9-11,14H2,1-8H3. The number of methoxy groups -OCH3 is 2. The molecule has 0 bridgehead atoms. The van der Waals surface area contributed by atoms with Crippen LogP contribution in [0.25, 0.3) is 0 Å². The molecular weight excluding hydrogens is 300 g/mol. The molecule has 0 radical (unpaired) electrons. The Kier molecular flexibility index (Phi) is 6.88. The molecule has 1 aromatic rings. The van der Waals surface area contributed by atoms with Gasteiger partial charge in [0.2, 0.25) is 0 Å². The van der Waals surface area contributed by atoms with Crippen molar-refractivity contribution in [3.63, 3.8) is 0 Å². The van der Waals surface area contributed by atoms with Crippen LogP contribution in [0.15, 0.2) is 12.1 Å². The van der Waals surface area contributed by atoms with Gasteiger partial charge in [0.25, 0.3) is 0 Å². The lowest BCUT2D eigenvalue weighted by molar-refractivity contribution is 0.0853. The van der Waals surface area contributed by atoms with Gasteiger partial charge in [-0.3, -0.25) is 4.79 Å². The van der Waals surface area contributed by atoms with Crippen LogP contribution in [-0.4, -0.2) is 20.0 Å². The number of rotatable bonds is 7. The lowest BCUT2D eigenvalue weighted by atomic mass is 9.82. The second-order valence-corrected chi connectivity index (χ2v) is 8.68. The lowest BCUT2D eigenvalue weighted by Crippen LogP contribution is -2.22. The summed E-state index contributed by atoms with van der Waals surface area (Å²) in [5.41, 5.74) is 1.63. The van der Waals surface area contributed by atoms with Crippen LogP contribution in [0, 0.1) is 10.8 Å². The Morgan fingerprint density at radius 1 is 0.958 bits per heavy atom. The smallest absolute Gasteiger partial charge is 0.172 e. The van der Waals surface area contributed by atoms with Crippen molar-refractivity contribution in [2.75, 3.05) is 14.2 Å². The second kappa shape index (κ2) is 8.04. The van der Waals surface area contributed by atoms with E-state index < -0.39 is 5.41 Å². The van der Waals surface area contributed by atoms with Crippen LogP contribution in [0.3, 0.4) is 0 Å². The van der Waals surface area contributed by atoms with Gasteiger partial charge < -0.3 is 9.47 Å². The fourth-order valence-electron chi connectivity index (χ4n) is 2.77. The van der Waals surface area contributed by atoms with E-state index >= 15 is 0 Å². The van der Waals surface area contributed by atoms with Crippen molar-refractivity contribution in [2.45, 2.75) is 67.2 Å². The van der Waals surface area contributed by atoms with Crippen molar-refractivity contribution >= 4 is 5.78 Å². The minimum Gasteiger partial charge on any atom is -0.493 e. The highest BCUT2D eigenvalue weighted by molar-refractivity contribution is 6.04. The maximum absolute atomic E-state index is 13.0.